The van der Waals surface area contributed by atoms with E-state index >= 15 is 0 Å². The maximum Gasteiger partial charge on any atom is 0.227 e. The van der Waals surface area contributed by atoms with Crippen molar-refractivity contribution in [1.82, 2.24) is 14.8 Å². The highest BCUT2D eigenvalue weighted by Gasteiger charge is 2.18. The first kappa shape index (κ1) is 10.8. The van der Waals surface area contributed by atoms with Gasteiger partial charge in [0, 0.05) is 20.2 Å². The van der Waals surface area contributed by atoms with Crippen molar-refractivity contribution >= 4 is 21.9 Å². The van der Waals surface area contributed by atoms with E-state index in [1.54, 1.807) is 11.8 Å². The Morgan fingerprint density at radius 2 is 2.20 bits per heavy atom. The number of hydrogen-bond acceptors (Lipinski definition) is 5. The zero-order valence-electron chi connectivity index (χ0n) is 8.52. The van der Waals surface area contributed by atoms with E-state index in [4.69, 9.17) is 9.47 Å². The second-order valence-corrected chi connectivity index (χ2v) is 3.91. The number of ether oxygens (including phenoxy) is 2. The van der Waals surface area contributed by atoms with Gasteiger partial charge in [-0.2, -0.15) is 4.98 Å². The van der Waals surface area contributed by atoms with Crippen molar-refractivity contribution in [3.8, 4) is 0 Å². The molecule has 1 aromatic rings. The van der Waals surface area contributed by atoms with Crippen molar-refractivity contribution in [3.63, 3.8) is 0 Å². The van der Waals surface area contributed by atoms with Crippen LogP contribution in [0.5, 0.6) is 0 Å². The van der Waals surface area contributed by atoms with E-state index in [1.165, 1.54) is 0 Å². The van der Waals surface area contributed by atoms with E-state index in [9.17, 15) is 0 Å². The van der Waals surface area contributed by atoms with Crippen LogP contribution in [0, 0.1) is 0 Å². The Hall–Kier alpha value is -0.660. The van der Waals surface area contributed by atoms with Crippen LogP contribution < -0.4 is 4.90 Å². The number of nitrogens with zero attached hydrogens (tertiary/aromatic N) is 4. The average molecular weight is 277 g/mol. The molecule has 0 aromatic carbocycles. The number of aromatic nitrogens is 3. The fraction of sp³-hybridized carbons (Fsp3) is 0.750. The fourth-order valence-electron chi connectivity index (χ4n) is 1.51. The van der Waals surface area contributed by atoms with Gasteiger partial charge in [0.25, 0.3) is 0 Å². The first-order valence-electron chi connectivity index (χ1n) is 4.73. The quantitative estimate of drug-likeness (QED) is 0.804. The highest BCUT2D eigenvalue weighted by Crippen LogP contribution is 2.16. The van der Waals surface area contributed by atoms with Gasteiger partial charge < -0.3 is 14.4 Å². The Kier molecular flexibility index (Phi) is 3.55. The first-order chi connectivity index (χ1) is 7.31. The second-order valence-electron chi connectivity index (χ2n) is 3.20. The third kappa shape index (κ3) is 2.47. The molecule has 1 aromatic heterocycles. The molecule has 1 saturated heterocycles. The van der Waals surface area contributed by atoms with Crippen LogP contribution in [0.25, 0.3) is 0 Å². The van der Waals surface area contributed by atoms with Crippen LogP contribution in [0.15, 0.2) is 4.73 Å². The van der Waals surface area contributed by atoms with Gasteiger partial charge in [-0.05, 0) is 15.9 Å². The van der Waals surface area contributed by atoms with Gasteiger partial charge in [-0.3, -0.25) is 0 Å². The summed E-state index contributed by atoms with van der Waals surface area (Å²) >= 11 is 3.26. The molecule has 0 aliphatic carbocycles. The van der Waals surface area contributed by atoms with Crippen molar-refractivity contribution in [3.05, 3.63) is 4.73 Å². The molecule has 2 rings (SSSR count). The van der Waals surface area contributed by atoms with Crippen LogP contribution in [0.2, 0.25) is 0 Å². The Labute approximate surface area is 96.3 Å². The number of halogens is 1. The smallest absolute Gasteiger partial charge is 0.227 e. The summed E-state index contributed by atoms with van der Waals surface area (Å²) in [6, 6.07) is 0. The van der Waals surface area contributed by atoms with E-state index in [1.807, 2.05) is 0 Å². The third-order valence-corrected chi connectivity index (χ3v) is 2.51. The lowest BCUT2D eigenvalue weighted by atomic mass is 10.4. The number of hydrogen-bond donors (Lipinski definition) is 0. The van der Waals surface area contributed by atoms with Crippen LogP contribution in [-0.4, -0.2) is 48.2 Å². The summed E-state index contributed by atoms with van der Waals surface area (Å²) in [5.41, 5.74) is 0. The molecular formula is C8H13BrN4O2. The predicted molar refractivity (Wildman–Crippen MR) is 57.8 cm³/mol. The maximum atomic E-state index is 5.29. The Morgan fingerprint density at radius 1 is 1.47 bits per heavy atom. The topological polar surface area (TPSA) is 52.4 Å². The van der Waals surface area contributed by atoms with Crippen molar-refractivity contribution in [2.24, 2.45) is 0 Å². The van der Waals surface area contributed by atoms with E-state index in [2.05, 4.69) is 30.9 Å². The van der Waals surface area contributed by atoms with Crippen LogP contribution in [-0.2, 0) is 16.2 Å². The maximum absolute atomic E-state index is 5.29. The average Bonchev–Trinajstić information content (AvgIpc) is 2.62. The zero-order chi connectivity index (χ0) is 10.7. The molecule has 1 aliphatic rings. The van der Waals surface area contributed by atoms with Crippen molar-refractivity contribution in [2.45, 2.75) is 6.73 Å². The molecule has 1 aliphatic heterocycles. The minimum absolute atomic E-state index is 0.408. The molecular weight excluding hydrogens is 264 g/mol. The van der Waals surface area contributed by atoms with Gasteiger partial charge >= 0.3 is 0 Å². The number of rotatable bonds is 3. The molecule has 0 unspecified atom stereocenters. The van der Waals surface area contributed by atoms with Crippen LogP contribution >= 0.6 is 15.9 Å². The van der Waals surface area contributed by atoms with Gasteiger partial charge in [-0.15, -0.1) is 5.10 Å². The molecule has 0 bridgehead atoms. The minimum atomic E-state index is 0.408. The lowest BCUT2D eigenvalue weighted by molar-refractivity contribution is 0.111. The Balaban J connectivity index is 2.17. The van der Waals surface area contributed by atoms with E-state index in [0.29, 0.717) is 11.5 Å². The summed E-state index contributed by atoms with van der Waals surface area (Å²) in [5, 5.41) is 4.19. The van der Waals surface area contributed by atoms with Crippen molar-refractivity contribution in [1.29, 1.82) is 0 Å². The van der Waals surface area contributed by atoms with Gasteiger partial charge in [0.1, 0.15) is 6.73 Å². The zero-order valence-corrected chi connectivity index (χ0v) is 10.1. The molecule has 6 nitrogen and oxygen atoms in total. The predicted octanol–water partition coefficient (Wildman–Crippen LogP) is 0.481. The van der Waals surface area contributed by atoms with E-state index in [-0.39, 0.29) is 0 Å². The lowest BCUT2D eigenvalue weighted by Crippen LogP contribution is -2.38. The molecule has 0 radical (unpaired) electrons. The molecule has 0 saturated carbocycles. The number of anilines is 1. The Bertz CT molecular complexity index is 324. The standard InChI is InChI=1S/C8H13BrN4O2/c1-14-6-13-8(10-7(9)11-13)12-2-4-15-5-3-12/h2-6H2,1H3. The molecule has 7 heteroatoms. The van der Waals surface area contributed by atoms with Crippen molar-refractivity contribution in [2.75, 3.05) is 38.3 Å². The molecule has 0 amide bonds. The second kappa shape index (κ2) is 4.91. The Morgan fingerprint density at radius 3 is 2.87 bits per heavy atom. The minimum Gasteiger partial charge on any atom is -0.378 e. The molecule has 1 fully saturated rings. The van der Waals surface area contributed by atoms with Gasteiger partial charge in [-0.1, -0.05) is 0 Å². The summed E-state index contributed by atoms with van der Waals surface area (Å²) in [5.74, 6) is 0.826. The number of morpholine rings is 1. The highest BCUT2D eigenvalue weighted by molar-refractivity contribution is 9.10. The number of methoxy groups -OCH3 is 1. The lowest BCUT2D eigenvalue weighted by Gasteiger charge is -2.27. The van der Waals surface area contributed by atoms with Crippen LogP contribution in [0.4, 0.5) is 5.95 Å². The molecule has 0 N–H and O–H groups in total. The fourth-order valence-corrected chi connectivity index (χ4v) is 1.86. The molecule has 0 atom stereocenters. The van der Waals surface area contributed by atoms with Crippen LogP contribution in [0.1, 0.15) is 0 Å². The highest BCUT2D eigenvalue weighted by atomic mass is 79.9. The molecule has 84 valence electrons. The summed E-state index contributed by atoms with van der Waals surface area (Å²) in [7, 11) is 1.64. The van der Waals surface area contributed by atoms with E-state index < -0.39 is 0 Å². The molecule has 0 spiro atoms. The van der Waals surface area contributed by atoms with Gasteiger partial charge in [-0.25, -0.2) is 4.68 Å². The third-order valence-electron chi connectivity index (χ3n) is 2.17. The normalized spacial score (nSPS) is 17.1. The van der Waals surface area contributed by atoms with Crippen LogP contribution in [0.3, 0.4) is 0 Å². The SMILES string of the molecule is COCn1nc(Br)nc1N1CCOCC1. The summed E-state index contributed by atoms with van der Waals surface area (Å²) in [6.07, 6.45) is 0. The summed E-state index contributed by atoms with van der Waals surface area (Å²) < 4.78 is 12.7. The summed E-state index contributed by atoms with van der Waals surface area (Å²) in [6.45, 7) is 3.56. The largest absolute Gasteiger partial charge is 0.378 e. The first-order valence-corrected chi connectivity index (χ1v) is 5.52. The van der Waals surface area contributed by atoms with Gasteiger partial charge in [0.2, 0.25) is 10.7 Å². The molecule has 2 heterocycles. The van der Waals surface area contributed by atoms with Crippen molar-refractivity contribution < 1.29 is 9.47 Å². The summed E-state index contributed by atoms with van der Waals surface area (Å²) in [4.78, 5) is 6.45. The monoisotopic (exact) mass is 276 g/mol. The van der Waals surface area contributed by atoms with Gasteiger partial charge in [0.05, 0.1) is 13.2 Å². The van der Waals surface area contributed by atoms with E-state index in [0.717, 1.165) is 32.3 Å². The van der Waals surface area contributed by atoms with Gasteiger partial charge in [0.15, 0.2) is 0 Å². The molecule has 15 heavy (non-hydrogen) atoms.